The Balaban J connectivity index is 0.00000247. The molecule has 0 aliphatic carbocycles. The molecule has 0 bridgehead atoms. The fraction of sp³-hybridized carbons (Fsp3) is 0.647. The monoisotopic (exact) mass is 726 g/mol. The van der Waals surface area contributed by atoms with Gasteiger partial charge >= 0.3 is 18.0 Å². The summed E-state index contributed by atoms with van der Waals surface area (Å²) in [5.41, 5.74) is 5.48. The van der Waals surface area contributed by atoms with Gasteiger partial charge in [-0.05, 0) is 30.0 Å². The highest BCUT2D eigenvalue weighted by molar-refractivity contribution is 5.96. The van der Waals surface area contributed by atoms with Gasteiger partial charge in [-0.25, -0.2) is 4.79 Å². The molecule has 5 amide bonds. The number of aliphatic hydroxyl groups is 1. The predicted molar refractivity (Wildman–Crippen MR) is 189 cm³/mol. The van der Waals surface area contributed by atoms with E-state index in [2.05, 4.69) is 26.6 Å². The Morgan fingerprint density at radius 1 is 1.00 bits per heavy atom. The predicted octanol–water partition coefficient (Wildman–Crippen LogP) is 1.75. The van der Waals surface area contributed by atoms with Gasteiger partial charge in [-0.2, -0.15) is 0 Å². The van der Waals surface area contributed by atoms with Gasteiger partial charge in [0.05, 0.1) is 30.8 Å². The van der Waals surface area contributed by atoms with E-state index in [1.807, 2.05) is 48.5 Å². The van der Waals surface area contributed by atoms with E-state index in [1.54, 1.807) is 6.07 Å². The number of aliphatic hydroxyl groups excluding tert-OH is 1. The number of carbonyl (C=O) groups excluding carboxylic acids is 5. The van der Waals surface area contributed by atoms with Crippen LogP contribution in [0.25, 0.3) is 0 Å². The molecule has 2 rings (SSSR count). The van der Waals surface area contributed by atoms with E-state index >= 15 is 0 Å². The minimum Gasteiger partial charge on any atom is -0.481 e. The van der Waals surface area contributed by atoms with E-state index in [1.165, 1.54) is 19.1 Å². The van der Waals surface area contributed by atoms with Gasteiger partial charge in [0, 0.05) is 38.9 Å². The summed E-state index contributed by atoms with van der Waals surface area (Å²) in [5, 5.41) is 32.5. The maximum atomic E-state index is 12.8. The number of anilines is 1. The van der Waals surface area contributed by atoms with Gasteiger partial charge in [-0.1, -0.05) is 54.5 Å². The van der Waals surface area contributed by atoms with E-state index < -0.39 is 54.3 Å². The molecule has 1 aromatic rings. The molecule has 0 aromatic heterocycles. The van der Waals surface area contributed by atoms with Crippen molar-refractivity contribution in [1.82, 2.24) is 21.3 Å². The molecule has 1 saturated heterocycles. The number of aliphatic carboxylic acids is 1. The van der Waals surface area contributed by atoms with Crippen molar-refractivity contribution in [3.63, 3.8) is 0 Å². The molecule has 51 heavy (non-hydrogen) atoms. The van der Waals surface area contributed by atoms with Crippen LogP contribution in [0.4, 0.5) is 10.5 Å². The molecule has 0 saturated carbocycles. The van der Waals surface area contributed by atoms with Crippen molar-refractivity contribution in [2.24, 2.45) is 11.7 Å². The molecule has 1 aromatic carbocycles. The highest BCUT2D eigenvalue weighted by atomic mass is 16.7. The molecule has 17 heteroatoms. The van der Waals surface area contributed by atoms with E-state index in [9.17, 15) is 33.9 Å². The number of carbonyl (C=O) groups is 6. The Bertz CT molecular complexity index is 1260. The van der Waals surface area contributed by atoms with Crippen molar-refractivity contribution in [1.29, 1.82) is 0 Å². The molecule has 1 fully saturated rings. The molecule has 4 atom stereocenters. The number of carboxylic acid groups (broad SMARTS) is 1. The number of ether oxygens (including phenoxy) is 3. The Hall–Kier alpha value is -4.48. The Morgan fingerprint density at radius 2 is 1.67 bits per heavy atom. The number of hydrogen-bond acceptors (Lipinski definition) is 11. The van der Waals surface area contributed by atoms with E-state index in [4.69, 9.17) is 25.1 Å². The first-order chi connectivity index (χ1) is 24.0. The quantitative estimate of drug-likeness (QED) is 0.107. The van der Waals surface area contributed by atoms with Crippen molar-refractivity contribution in [3.05, 3.63) is 23.8 Å². The number of nitrogens with one attached hydrogen (secondary N) is 5. The SMILES string of the molecule is CC.CC(=O)OCc1ccc(NC(=O)CNC(=O)C(NC(C)C)C(C)C)c(OC2CC(O)CC(C(=O)NCCC(=O)O)O2)c1.CCCNC(N)=O. The van der Waals surface area contributed by atoms with E-state index in [0.29, 0.717) is 12.1 Å². The van der Waals surface area contributed by atoms with Gasteiger partial charge < -0.3 is 56.7 Å². The van der Waals surface area contributed by atoms with Gasteiger partial charge in [0.15, 0.2) is 0 Å². The molecular weight excluding hydrogens is 668 g/mol. The number of hydrogen-bond donors (Lipinski definition) is 8. The molecule has 9 N–H and O–H groups in total. The Labute approximate surface area is 300 Å². The van der Waals surface area contributed by atoms with E-state index in [0.717, 1.165) is 6.42 Å². The molecule has 1 heterocycles. The van der Waals surface area contributed by atoms with Gasteiger partial charge in [-0.3, -0.25) is 24.0 Å². The number of carboxylic acids is 1. The van der Waals surface area contributed by atoms with Crippen LogP contribution in [-0.2, 0) is 40.1 Å². The minimum atomic E-state index is -1.10. The first-order valence-electron chi connectivity index (χ1n) is 17.1. The van der Waals surface area contributed by atoms with Crippen LogP contribution >= 0.6 is 0 Å². The highest BCUT2D eigenvalue weighted by Crippen LogP contribution is 2.31. The number of nitrogens with two attached hydrogens (primary N) is 1. The van der Waals surface area contributed by atoms with Gasteiger partial charge in [0.25, 0.3) is 0 Å². The summed E-state index contributed by atoms with van der Waals surface area (Å²) < 4.78 is 16.7. The van der Waals surface area contributed by atoms with Gasteiger partial charge in [0.1, 0.15) is 18.5 Å². The van der Waals surface area contributed by atoms with Crippen LogP contribution in [0.2, 0.25) is 0 Å². The average Bonchev–Trinajstić information content (AvgIpc) is 3.05. The van der Waals surface area contributed by atoms with Gasteiger partial charge in [-0.15, -0.1) is 0 Å². The zero-order valence-corrected chi connectivity index (χ0v) is 31.0. The summed E-state index contributed by atoms with van der Waals surface area (Å²) in [4.78, 5) is 69.8. The van der Waals surface area contributed by atoms with E-state index in [-0.39, 0.29) is 68.3 Å². The number of amides is 5. The molecule has 17 nitrogen and oxygen atoms in total. The number of esters is 1. The largest absolute Gasteiger partial charge is 0.481 e. The second kappa shape index (κ2) is 25.5. The highest BCUT2D eigenvalue weighted by Gasteiger charge is 2.34. The number of benzene rings is 1. The maximum absolute atomic E-state index is 12.8. The van der Waals surface area contributed by atoms with Crippen LogP contribution in [0.5, 0.6) is 5.75 Å². The van der Waals surface area contributed by atoms with Crippen LogP contribution in [0.3, 0.4) is 0 Å². The second-order valence-corrected chi connectivity index (χ2v) is 11.9. The summed E-state index contributed by atoms with van der Waals surface area (Å²) in [7, 11) is 0. The average molecular weight is 727 g/mol. The van der Waals surface area contributed by atoms with Crippen LogP contribution in [0.1, 0.15) is 86.6 Å². The summed E-state index contributed by atoms with van der Waals surface area (Å²) in [6.07, 6.45) is -2.50. The smallest absolute Gasteiger partial charge is 0.312 e. The van der Waals surface area contributed by atoms with Crippen molar-refractivity contribution >= 4 is 41.4 Å². The lowest BCUT2D eigenvalue weighted by Crippen LogP contribution is -2.51. The van der Waals surface area contributed by atoms with Crippen LogP contribution in [0.15, 0.2) is 18.2 Å². The molecule has 1 aliphatic heterocycles. The molecule has 290 valence electrons. The number of primary amides is 1. The van der Waals surface area contributed by atoms with Gasteiger partial charge in [0.2, 0.25) is 24.0 Å². The fourth-order valence-corrected chi connectivity index (χ4v) is 4.34. The lowest BCUT2D eigenvalue weighted by molar-refractivity contribution is -0.184. The summed E-state index contributed by atoms with van der Waals surface area (Å²) in [6, 6.07) is 3.80. The van der Waals surface area contributed by atoms with Crippen LogP contribution in [0, 0.1) is 5.92 Å². The zero-order valence-electron chi connectivity index (χ0n) is 31.0. The van der Waals surface area contributed by atoms with Crippen molar-refractivity contribution in [2.45, 2.75) is 118 Å². The third kappa shape index (κ3) is 20.7. The Morgan fingerprint density at radius 3 is 2.20 bits per heavy atom. The topological polar surface area (TPSA) is 257 Å². The third-order valence-corrected chi connectivity index (χ3v) is 6.65. The van der Waals surface area contributed by atoms with Crippen LogP contribution < -0.4 is 37.1 Å². The summed E-state index contributed by atoms with van der Waals surface area (Å²) >= 11 is 0. The lowest BCUT2D eigenvalue weighted by Gasteiger charge is -2.32. The summed E-state index contributed by atoms with van der Waals surface area (Å²) in [6.45, 7) is 15.1. The molecule has 1 aliphatic rings. The maximum Gasteiger partial charge on any atom is 0.312 e. The molecule has 0 spiro atoms. The number of urea groups is 1. The minimum absolute atomic E-state index is 0.00542. The Kier molecular flexibility index (Phi) is 23.2. The van der Waals surface area contributed by atoms with Crippen molar-refractivity contribution in [2.75, 3.05) is 25.0 Å². The van der Waals surface area contributed by atoms with Crippen LogP contribution in [-0.4, -0.2) is 96.1 Å². The summed E-state index contributed by atoms with van der Waals surface area (Å²) in [5.74, 6) is -2.90. The lowest BCUT2D eigenvalue weighted by atomic mass is 10.0. The van der Waals surface area contributed by atoms with Crippen molar-refractivity contribution in [3.8, 4) is 5.75 Å². The molecular formula is C34H58N6O11. The first-order valence-corrected chi connectivity index (χ1v) is 17.1. The zero-order chi connectivity index (χ0) is 39.1. The molecule has 0 radical (unpaired) electrons. The molecule has 4 unspecified atom stereocenters. The van der Waals surface area contributed by atoms with Crippen molar-refractivity contribution < 1.29 is 53.2 Å². The first kappa shape index (κ1) is 46.5. The number of rotatable bonds is 17. The standard InChI is InChI=1S/C28H42N4O10.C4H10N2O.C2H6/c1-15(2)26(31-16(3)4)28(39)30-13-23(35)32-20-7-6-18(14-40-17(5)33)10-21(20)41-25-12-19(34)11-22(42-25)27(38)29-9-8-24(36)37;1-2-3-6-4(5)7;1-2/h6-7,10,15-16,19,22,25-26,31,34H,8-9,11-14H2,1-5H3,(H,29,38)(H,30,39)(H,32,35)(H,36,37);2-3H2,1H3,(H3,5,6,7);1-2H3. The fourth-order valence-electron chi connectivity index (χ4n) is 4.34. The normalized spacial score (nSPS) is 17.0. The second-order valence-electron chi connectivity index (χ2n) is 11.9. The third-order valence-electron chi connectivity index (χ3n) is 6.65.